The van der Waals surface area contributed by atoms with Gasteiger partial charge in [-0.2, -0.15) is 0 Å². The fraction of sp³-hybridized carbons (Fsp3) is 1.00. The van der Waals surface area contributed by atoms with Crippen LogP contribution in [0.5, 0.6) is 0 Å². The molecular formula is C10H18O4S. The van der Waals surface area contributed by atoms with Gasteiger partial charge in [0.05, 0.1) is 17.0 Å². The molecule has 1 heterocycles. The molecule has 0 amide bonds. The Balaban J connectivity index is 2.26. The molecule has 0 radical (unpaired) electrons. The maximum absolute atomic E-state index is 11.7. The molecule has 15 heavy (non-hydrogen) atoms. The number of hydrogen-bond donors (Lipinski definition) is 1. The van der Waals surface area contributed by atoms with E-state index in [9.17, 15) is 13.5 Å². The van der Waals surface area contributed by atoms with Crippen LogP contribution in [-0.4, -0.2) is 43.3 Å². The summed E-state index contributed by atoms with van der Waals surface area (Å²) in [5.74, 6) is 0. The van der Waals surface area contributed by atoms with Gasteiger partial charge in [0, 0.05) is 19.3 Å². The standard InChI is InChI=1S/C10H18O4S/c1-15(12,13)9-3-2-5-10(9)7-8(11)4-6-14-10/h8-9,11H,2-7H2,1H3. The van der Waals surface area contributed by atoms with Crippen molar-refractivity contribution in [2.24, 2.45) is 0 Å². The smallest absolute Gasteiger partial charge is 0.153 e. The van der Waals surface area contributed by atoms with Gasteiger partial charge in [-0.1, -0.05) is 0 Å². The van der Waals surface area contributed by atoms with Crippen molar-refractivity contribution in [3.8, 4) is 0 Å². The van der Waals surface area contributed by atoms with E-state index in [-0.39, 0.29) is 0 Å². The molecule has 1 N–H and O–H groups in total. The van der Waals surface area contributed by atoms with Gasteiger partial charge in [0.25, 0.3) is 0 Å². The van der Waals surface area contributed by atoms with E-state index in [1.165, 1.54) is 6.26 Å². The van der Waals surface area contributed by atoms with E-state index in [0.29, 0.717) is 25.9 Å². The highest BCUT2D eigenvalue weighted by Crippen LogP contribution is 2.43. The van der Waals surface area contributed by atoms with Crippen LogP contribution in [0.4, 0.5) is 0 Å². The van der Waals surface area contributed by atoms with Crippen LogP contribution < -0.4 is 0 Å². The summed E-state index contributed by atoms with van der Waals surface area (Å²) in [7, 11) is -3.07. The first-order valence-corrected chi connectivity index (χ1v) is 7.40. The Kier molecular flexibility index (Phi) is 2.81. The Hall–Kier alpha value is -0.130. The number of sulfone groups is 1. The molecule has 2 fully saturated rings. The molecule has 1 aliphatic carbocycles. The number of aliphatic hydroxyl groups excluding tert-OH is 1. The van der Waals surface area contributed by atoms with E-state index in [1.807, 2.05) is 0 Å². The average molecular weight is 234 g/mol. The second-order valence-corrected chi connectivity index (χ2v) is 7.00. The highest BCUT2D eigenvalue weighted by atomic mass is 32.2. The molecular weight excluding hydrogens is 216 g/mol. The van der Waals surface area contributed by atoms with Gasteiger partial charge in [-0.15, -0.1) is 0 Å². The summed E-state index contributed by atoms with van der Waals surface area (Å²) < 4.78 is 29.0. The Morgan fingerprint density at radius 1 is 1.40 bits per heavy atom. The molecule has 4 nitrogen and oxygen atoms in total. The van der Waals surface area contributed by atoms with Crippen LogP contribution in [0.25, 0.3) is 0 Å². The van der Waals surface area contributed by atoms with E-state index in [4.69, 9.17) is 4.74 Å². The van der Waals surface area contributed by atoms with Crippen LogP contribution in [0, 0.1) is 0 Å². The Morgan fingerprint density at radius 3 is 2.73 bits per heavy atom. The molecule has 0 aromatic heterocycles. The van der Waals surface area contributed by atoms with Gasteiger partial charge in [0.15, 0.2) is 9.84 Å². The van der Waals surface area contributed by atoms with E-state index in [0.717, 1.165) is 12.8 Å². The highest BCUT2D eigenvalue weighted by molar-refractivity contribution is 7.91. The van der Waals surface area contributed by atoms with Crippen LogP contribution in [0.3, 0.4) is 0 Å². The highest BCUT2D eigenvalue weighted by Gasteiger charge is 2.51. The minimum atomic E-state index is -3.07. The van der Waals surface area contributed by atoms with Crippen LogP contribution in [0.2, 0.25) is 0 Å². The van der Waals surface area contributed by atoms with Crippen molar-refractivity contribution >= 4 is 9.84 Å². The first kappa shape index (κ1) is 11.4. The lowest BCUT2D eigenvalue weighted by Gasteiger charge is -2.40. The van der Waals surface area contributed by atoms with E-state index >= 15 is 0 Å². The summed E-state index contributed by atoms with van der Waals surface area (Å²) in [4.78, 5) is 0. The van der Waals surface area contributed by atoms with Gasteiger partial charge < -0.3 is 9.84 Å². The predicted molar refractivity (Wildman–Crippen MR) is 56.4 cm³/mol. The summed E-state index contributed by atoms with van der Waals surface area (Å²) in [5.41, 5.74) is -0.592. The lowest BCUT2D eigenvalue weighted by Crippen LogP contribution is -2.50. The molecule has 2 rings (SSSR count). The number of ether oxygens (including phenoxy) is 1. The third-order valence-corrected chi connectivity index (χ3v) is 5.29. The fourth-order valence-electron chi connectivity index (χ4n) is 2.97. The van der Waals surface area contributed by atoms with Gasteiger partial charge in [-0.05, 0) is 25.7 Å². The molecule has 1 aliphatic heterocycles. The van der Waals surface area contributed by atoms with Gasteiger partial charge in [-0.25, -0.2) is 8.42 Å². The monoisotopic (exact) mass is 234 g/mol. The van der Waals surface area contributed by atoms with Crippen LogP contribution in [0.1, 0.15) is 32.1 Å². The van der Waals surface area contributed by atoms with Gasteiger partial charge >= 0.3 is 0 Å². The predicted octanol–water partition coefficient (Wildman–Crippen LogP) is 0.494. The molecule has 3 atom stereocenters. The van der Waals surface area contributed by atoms with Crippen molar-refractivity contribution in [2.45, 2.75) is 49.1 Å². The van der Waals surface area contributed by atoms with Crippen LogP contribution in [0.15, 0.2) is 0 Å². The molecule has 3 unspecified atom stereocenters. The van der Waals surface area contributed by atoms with Gasteiger partial charge in [-0.3, -0.25) is 0 Å². The largest absolute Gasteiger partial charge is 0.393 e. The van der Waals surface area contributed by atoms with E-state index < -0.39 is 26.8 Å². The number of aliphatic hydroxyl groups is 1. The van der Waals surface area contributed by atoms with E-state index in [2.05, 4.69) is 0 Å². The van der Waals surface area contributed by atoms with Crippen molar-refractivity contribution in [1.29, 1.82) is 0 Å². The molecule has 88 valence electrons. The Labute approximate surface area is 90.5 Å². The molecule has 0 aromatic carbocycles. The van der Waals surface area contributed by atoms with Crippen molar-refractivity contribution in [2.75, 3.05) is 12.9 Å². The minimum absolute atomic E-state index is 0.402. The summed E-state index contributed by atoms with van der Waals surface area (Å²) in [5, 5.41) is 9.23. The normalized spacial score (nSPS) is 42.3. The molecule has 1 spiro atoms. The zero-order valence-corrected chi connectivity index (χ0v) is 9.79. The first-order valence-electron chi connectivity index (χ1n) is 5.45. The lowest BCUT2D eigenvalue weighted by molar-refractivity contribution is -0.111. The number of rotatable bonds is 1. The van der Waals surface area contributed by atoms with Crippen molar-refractivity contribution < 1.29 is 18.3 Å². The maximum Gasteiger partial charge on any atom is 0.153 e. The molecule has 2 aliphatic rings. The summed E-state index contributed by atoms with van der Waals surface area (Å²) >= 11 is 0. The Bertz CT molecular complexity index is 337. The second-order valence-electron chi connectivity index (χ2n) is 4.77. The zero-order valence-electron chi connectivity index (χ0n) is 8.98. The topological polar surface area (TPSA) is 63.6 Å². The van der Waals surface area contributed by atoms with Crippen molar-refractivity contribution in [1.82, 2.24) is 0 Å². The van der Waals surface area contributed by atoms with Crippen LogP contribution in [-0.2, 0) is 14.6 Å². The maximum atomic E-state index is 11.7. The van der Waals surface area contributed by atoms with Crippen molar-refractivity contribution in [3.05, 3.63) is 0 Å². The van der Waals surface area contributed by atoms with Gasteiger partial charge in [0.1, 0.15) is 0 Å². The molecule has 0 aromatic rings. The van der Waals surface area contributed by atoms with Crippen molar-refractivity contribution in [3.63, 3.8) is 0 Å². The Morgan fingerprint density at radius 2 is 2.13 bits per heavy atom. The third kappa shape index (κ3) is 2.05. The average Bonchev–Trinajstić information content (AvgIpc) is 2.47. The first-order chi connectivity index (χ1) is 6.94. The lowest BCUT2D eigenvalue weighted by atomic mass is 9.90. The molecule has 1 saturated heterocycles. The molecule has 5 heteroatoms. The summed E-state index contributed by atoms with van der Waals surface area (Å²) in [6.45, 7) is 0.479. The SMILES string of the molecule is CS(=O)(=O)C1CCCC12CC(O)CCO2. The molecule has 1 saturated carbocycles. The fourth-order valence-corrected chi connectivity index (χ4v) is 4.63. The van der Waals surface area contributed by atoms with Crippen LogP contribution >= 0.6 is 0 Å². The second kappa shape index (κ2) is 3.71. The quantitative estimate of drug-likeness (QED) is 0.717. The summed E-state index contributed by atoms with van der Waals surface area (Å²) in [6.07, 6.45) is 4.29. The third-order valence-electron chi connectivity index (χ3n) is 3.59. The summed E-state index contributed by atoms with van der Waals surface area (Å²) in [6, 6.07) is 0. The van der Waals surface area contributed by atoms with Gasteiger partial charge in [0.2, 0.25) is 0 Å². The van der Waals surface area contributed by atoms with E-state index in [1.54, 1.807) is 0 Å². The minimum Gasteiger partial charge on any atom is -0.393 e. The molecule has 0 bridgehead atoms. The number of hydrogen-bond acceptors (Lipinski definition) is 4. The zero-order chi connectivity index (χ0) is 11.1.